The molecule has 0 spiro atoms. The maximum absolute atomic E-state index is 10.8. The largest absolute Gasteiger partial charge is 0.478 e. The SMILES string of the molecule is Cc1ccc(Nc2ccc(C(=O)O)cn2)cc1N(C)C. The van der Waals surface area contributed by atoms with Crippen LogP contribution in [-0.2, 0) is 0 Å². The van der Waals surface area contributed by atoms with Crippen LogP contribution in [0.4, 0.5) is 17.2 Å². The molecule has 0 aliphatic rings. The van der Waals surface area contributed by atoms with Gasteiger partial charge in [0.2, 0.25) is 0 Å². The van der Waals surface area contributed by atoms with Crippen LogP contribution in [0, 0.1) is 6.92 Å². The van der Waals surface area contributed by atoms with Gasteiger partial charge in [-0.05, 0) is 36.8 Å². The second kappa shape index (κ2) is 5.61. The molecular formula is C15H17N3O2. The summed E-state index contributed by atoms with van der Waals surface area (Å²) in [4.78, 5) is 16.9. The Morgan fingerprint density at radius 3 is 2.55 bits per heavy atom. The molecule has 0 unspecified atom stereocenters. The van der Waals surface area contributed by atoms with E-state index in [1.807, 2.05) is 37.2 Å². The number of aromatic carboxylic acids is 1. The van der Waals surface area contributed by atoms with E-state index in [-0.39, 0.29) is 5.56 Å². The Labute approximate surface area is 117 Å². The minimum Gasteiger partial charge on any atom is -0.478 e. The maximum atomic E-state index is 10.8. The fourth-order valence-electron chi connectivity index (χ4n) is 1.91. The number of pyridine rings is 1. The van der Waals surface area contributed by atoms with E-state index in [4.69, 9.17) is 5.11 Å². The number of aromatic nitrogens is 1. The molecule has 0 aliphatic heterocycles. The lowest BCUT2D eigenvalue weighted by molar-refractivity contribution is 0.0696. The first-order valence-electron chi connectivity index (χ1n) is 6.21. The molecule has 0 amide bonds. The van der Waals surface area contributed by atoms with Crippen molar-refractivity contribution in [2.45, 2.75) is 6.92 Å². The van der Waals surface area contributed by atoms with Crippen LogP contribution in [0.5, 0.6) is 0 Å². The number of anilines is 3. The van der Waals surface area contributed by atoms with Gasteiger partial charge in [-0.25, -0.2) is 9.78 Å². The number of carbonyl (C=O) groups is 1. The summed E-state index contributed by atoms with van der Waals surface area (Å²) in [6, 6.07) is 9.21. The molecule has 2 N–H and O–H groups in total. The van der Waals surface area contributed by atoms with Gasteiger partial charge in [-0.3, -0.25) is 0 Å². The summed E-state index contributed by atoms with van der Waals surface area (Å²) < 4.78 is 0. The third-order valence-electron chi connectivity index (χ3n) is 2.97. The summed E-state index contributed by atoms with van der Waals surface area (Å²) in [5.41, 5.74) is 3.40. The number of carboxylic acid groups (broad SMARTS) is 1. The number of rotatable bonds is 4. The molecule has 104 valence electrons. The van der Waals surface area contributed by atoms with Crippen molar-refractivity contribution in [2.75, 3.05) is 24.3 Å². The lowest BCUT2D eigenvalue weighted by atomic mass is 10.1. The quantitative estimate of drug-likeness (QED) is 0.895. The number of nitrogens with one attached hydrogen (secondary N) is 1. The Balaban J connectivity index is 2.21. The second-order valence-corrected chi connectivity index (χ2v) is 4.76. The first kappa shape index (κ1) is 13.9. The molecule has 1 aromatic carbocycles. The molecule has 5 nitrogen and oxygen atoms in total. The van der Waals surface area contributed by atoms with Gasteiger partial charge in [0.05, 0.1) is 5.56 Å². The van der Waals surface area contributed by atoms with Crippen molar-refractivity contribution in [1.29, 1.82) is 0 Å². The molecule has 0 saturated heterocycles. The van der Waals surface area contributed by atoms with Crippen LogP contribution >= 0.6 is 0 Å². The van der Waals surface area contributed by atoms with Crippen molar-refractivity contribution in [1.82, 2.24) is 4.98 Å². The fraction of sp³-hybridized carbons (Fsp3) is 0.200. The minimum atomic E-state index is -0.978. The first-order valence-corrected chi connectivity index (χ1v) is 6.21. The van der Waals surface area contributed by atoms with Crippen LogP contribution < -0.4 is 10.2 Å². The van der Waals surface area contributed by atoms with Gasteiger partial charge in [-0.1, -0.05) is 6.07 Å². The summed E-state index contributed by atoms with van der Waals surface area (Å²) >= 11 is 0. The third-order valence-corrected chi connectivity index (χ3v) is 2.97. The zero-order valence-corrected chi connectivity index (χ0v) is 11.7. The molecule has 0 radical (unpaired) electrons. The molecule has 5 heteroatoms. The van der Waals surface area contributed by atoms with E-state index in [1.54, 1.807) is 6.07 Å². The first-order chi connectivity index (χ1) is 9.47. The Morgan fingerprint density at radius 2 is 2.00 bits per heavy atom. The number of nitrogens with zero attached hydrogens (tertiary/aromatic N) is 2. The van der Waals surface area contributed by atoms with Crippen molar-refractivity contribution < 1.29 is 9.90 Å². The number of benzene rings is 1. The van der Waals surface area contributed by atoms with Crippen LogP contribution in [0.3, 0.4) is 0 Å². The molecule has 0 bridgehead atoms. The van der Waals surface area contributed by atoms with Gasteiger partial charge in [0.1, 0.15) is 5.82 Å². The smallest absolute Gasteiger partial charge is 0.337 e. The highest BCUT2D eigenvalue weighted by atomic mass is 16.4. The minimum absolute atomic E-state index is 0.174. The summed E-state index contributed by atoms with van der Waals surface area (Å²) in [5.74, 6) is -0.363. The van der Waals surface area contributed by atoms with Crippen molar-refractivity contribution in [2.24, 2.45) is 0 Å². The van der Waals surface area contributed by atoms with Crippen molar-refractivity contribution in [3.63, 3.8) is 0 Å². The molecule has 20 heavy (non-hydrogen) atoms. The Hall–Kier alpha value is -2.56. The zero-order valence-electron chi connectivity index (χ0n) is 11.7. The number of aryl methyl sites for hydroxylation is 1. The van der Waals surface area contributed by atoms with Crippen LogP contribution in [0.2, 0.25) is 0 Å². The van der Waals surface area contributed by atoms with E-state index in [1.165, 1.54) is 17.8 Å². The van der Waals surface area contributed by atoms with Gasteiger partial charge in [-0.15, -0.1) is 0 Å². The summed E-state index contributed by atoms with van der Waals surface area (Å²) in [6.07, 6.45) is 1.34. The van der Waals surface area contributed by atoms with Crippen LogP contribution in [0.15, 0.2) is 36.5 Å². The van der Waals surface area contributed by atoms with Crippen molar-refractivity contribution in [3.05, 3.63) is 47.7 Å². The highest BCUT2D eigenvalue weighted by molar-refractivity contribution is 5.87. The average Bonchev–Trinajstić information content (AvgIpc) is 2.41. The summed E-state index contributed by atoms with van der Waals surface area (Å²) in [7, 11) is 3.98. The lowest BCUT2D eigenvalue weighted by Crippen LogP contribution is -2.10. The van der Waals surface area contributed by atoms with E-state index in [0.29, 0.717) is 5.82 Å². The molecule has 0 atom stereocenters. The van der Waals surface area contributed by atoms with E-state index >= 15 is 0 Å². The van der Waals surface area contributed by atoms with Crippen LogP contribution in [-0.4, -0.2) is 30.2 Å². The van der Waals surface area contributed by atoms with Gasteiger partial charge in [0.25, 0.3) is 0 Å². The molecule has 1 aromatic heterocycles. The Morgan fingerprint density at radius 1 is 1.25 bits per heavy atom. The van der Waals surface area contributed by atoms with Gasteiger partial charge in [0, 0.05) is 31.7 Å². The van der Waals surface area contributed by atoms with Gasteiger partial charge in [0.15, 0.2) is 0 Å². The lowest BCUT2D eigenvalue weighted by Gasteiger charge is -2.17. The van der Waals surface area contributed by atoms with E-state index in [2.05, 4.69) is 17.2 Å². The predicted octanol–water partition coefficient (Wildman–Crippen LogP) is 2.90. The van der Waals surface area contributed by atoms with Crippen LogP contribution in [0.1, 0.15) is 15.9 Å². The van der Waals surface area contributed by atoms with Gasteiger partial charge < -0.3 is 15.3 Å². The molecule has 0 aliphatic carbocycles. The highest BCUT2D eigenvalue weighted by Crippen LogP contribution is 2.24. The average molecular weight is 271 g/mol. The highest BCUT2D eigenvalue weighted by Gasteiger charge is 2.05. The molecule has 1 heterocycles. The summed E-state index contributed by atoms with van der Waals surface area (Å²) in [5, 5.41) is 12.0. The normalized spacial score (nSPS) is 10.2. The summed E-state index contributed by atoms with van der Waals surface area (Å²) in [6.45, 7) is 2.05. The second-order valence-electron chi connectivity index (χ2n) is 4.76. The third kappa shape index (κ3) is 3.06. The van der Waals surface area contributed by atoms with Crippen LogP contribution in [0.25, 0.3) is 0 Å². The molecule has 2 aromatic rings. The molecule has 0 saturated carbocycles. The van der Waals surface area contributed by atoms with E-state index in [9.17, 15) is 4.79 Å². The zero-order chi connectivity index (χ0) is 14.7. The van der Waals surface area contributed by atoms with E-state index < -0.39 is 5.97 Å². The number of hydrogen-bond acceptors (Lipinski definition) is 4. The molecular weight excluding hydrogens is 254 g/mol. The molecule has 0 fully saturated rings. The van der Waals surface area contributed by atoms with Crippen molar-refractivity contribution in [3.8, 4) is 0 Å². The van der Waals surface area contributed by atoms with Crippen molar-refractivity contribution >= 4 is 23.2 Å². The monoisotopic (exact) mass is 271 g/mol. The predicted molar refractivity (Wildman–Crippen MR) is 80.0 cm³/mol. The number of carboxylic acids is 1. The maximum Gasteiger partial charge on any atom is 0.337 e. The topological polar surface area (TPSA) is 65.5 Å². The fourth-order valence-corrected chi connectivity index (χ4v) is 1.91. The molecule has 2 rings (SSSR count). The standard InChI is InChI=1S/C15H17N3O2/c1-10-4-6-12(8-13(10)18(2)3)17-14-7-5-11(9-16-14)15(19)20/h4-9H,1-3H3,(H,16,17)(H,19,20). The van der Waals surface area contributed by atoms with Gasteiger partial charge >= 0.3 is 5.97 Å². The number of hydrogen-bond donors (Lipinski definition) is 2. The van der Waals surface area contributed by atoms with E-state index in [0.717, 1.165) is 11.4 Å². The Bertz CT molecular complexity index is 622. The van der Waals surface area contributed by atoms with Gasteiger partial charge in [-0.2, -0.15) is 0 Å². The Kier molecular flexibility index (Phi) is 3.89.